The van der Waals surface area contributed by atoms with Crippen molar-refractivity contribution in [1.82, 2.24) is 0 Å². The summed E-state index contributed by atoms with van der Waals surface area (Å²) in [5.41, 5.74) is 2.15. The minimum Gasteiger partial charge on any atom is -0.490 e. The van der Waals surface area contributed by atoms with Crippen LogP contribution >= 0.6 is 0 Å². The van der Waals surface area contributed by atoms with E-state index in [1.807, 2.05) is 0 Å². The Morgan fingerprint density at radius 2 is 2.10 bits per heavy atom. The molecule has 1 aliphatic heterocycles. The monoisotopic (exact) mass is 282 g/mol. The van der Waals surface area contributed by atoms with Crippen LogP contribution in [0.15, 0.2) is 0 Å². The van der Waals surface area contributed by atoms with Crippen LogP contribution in [0.25, 0.3) is 0 Å². The largest absolute Gasteiger partial charge is 0.490 e. The van der Waals surface area contributed by atoms with E-state index in [0.29, 0.717) is 37.9 Å². The first kappa shape index (κ1) is 13.3. The molecule has 3 nitrogen and oxygen atoms in total. The Kier molecular flexibility index (Phi) is 3.36. The lowest BCUT2D eigenvalue weighted by Gasteiger charge is -2.15. The molecule has 1 aromatic carbocycles. The van der Waals surface area contributed by atoms with Crippen molar-refractivity contribution in [1.29, 1.82) is 0 Å². The van der Waals surface area contributed by atoms with Gasteiger partial charge in [-0.3, -0.25) is 4.79 Å². The predicted molar refractivity (Wildman–Crippen MR) is 67.9 cm³/mol. The minimum absolute atomic E-state index is 0.0752. The lowest BCUT2D eigenvalue weighted by Crippen LogP contribution is -2.06. The Hall–Kier alpha value is -1.65. The molecule has 108 valence electrons. The number of esters is 1. The molecule has 1 atom stereocenters. The second-order valence-electron chi connectivity index (χ2n) is 5.28. The quantitative estimate of drug-likeness (QED) is 0.800. The number of benzene rings is 1. The third-order valence-corrected chi connectivity index (χ3v) is 4.26. The van der Waals surface area contributed by atoms with Crippen LogP contribution < -0.4 is 4.74 Å². The fourth-order valence-corrected chi connectivity index (χ4v) is 3.32. The van der Waals surface area contributed by atoms with Crippen molar-refractivity contribution in [2.45, 2.75) is 38.0 Å². The molecule has 3 rings (SSSR count). The van der Waals surface area contributed by atoms with Crippen LogP contribution in [0.2, 0.25) is 0 Å². The number of fused-ring (bicyclic) bond motifs is 3. The molecule has 0 amide bonds. The average Bonchev–Trinajstić information content (AvgIpc) is 3.08. The van der Waals surface area contributed by atoms with E-state index < -0.39 is 11.6 Å². The van der Waals surface area contributed by atoms with Crippen LogP contribution in [0.1, 0.15) is 41.9 Å². The number of hydrogen-bond acceptors (Lipinski definition) is 3. The second kappa shape index (κ2) is 5.04. The highest BCUT2D eigenvalue weighted by atomic mass is 19.2. The topological polar surface area (TPSA) is 35.5 Å². The van der Waals surface area contributed by atoms with Crippen molar-refractivity contribution in [3.63, 3.8) is 0 Å². The lowest BCUT2D eigenvalue weighted by molar-refractivity contribution is -0.140. The first-order valence-electron chi connectivity index (χ1n) is 6.85. The summed E-state index contributed by atoms with van der Waals surface area (Å²) >= 11 is 0. The number of halogens is 2. The summed E-state index contributed by atoms with van der Waals surface area (Å²) in [6.45, 7) is 0.395. The molecule has 0 fully saturated rings. The van der Waals surface area contributed by atoms with E-state index in [-0.39, 0.29) is 17.6 Å². The SMILES string of the molecule is COC(=O)CC[C@@H]1CCc2c(F)c(F)c3c(c21)CCO3. The molecule has 0 bridgehead atoms. The fraction of sp³-hybridized carbons (Fsp3) is 0.533. The van der Waals surface area contributed by atoms with Gasteiger partial charge >= 0.3 is 5.97 Å². The molecule has 1 heterocycles. The standard InChI is InChI=1S/C15H16F2O3/c1-19-11(18)5-3-8-2-4-9-12(8)10-6-7-20-15(10)14(17)13(9)16/h8H,2-7H2,1H3/t8-/m0/s1. The summed E-state index contributed by atoms with van der Waals surface area (Å²) in [4.78, 5) is 11.3. The first-order valence-corrected chi connectivity index (χ1v) is 6.85. The summed E-state index contributed by atoms with van der Waals surface area (Å²) in [6, 6.07) is 0. The highest BCUT2D eigenvalue weighted by molar-refractivity contribution is 5.69. The predicted octanol–water partition coefficient (Wildman–Crippen LogP) is 2.88. The third-order valence-electron chi connectivity index (χ3n) is 4.26. The average molecular weight is 282 g/mol. The fourth-order valence-electron chi connectivity index (χ4n) is 3.32. The van der Waals surface area contributed by atoms with Gasteiger partial charge in [0.1, 0.15) is 0 Å². The van der Waals surface area contributed by atoms with Crippen LogP contribution in [0.3, 0.4) is 0 Å². The van der Waals surface area contributed by atoms with Crippen LogP contribution in [-0.2, 0) is 22.4 Å². The van der Waals surface area contributed by atoms with Crippen molar-refractivity contribution in [3.8, 4) is 5.75 Å². The van der Waals surface area contributed by atoms with Crippen LogP contribution in [-0.4, -0.2) is 19.7 Å². The van der Waals surface area contributed by atoms with E-state index in [1.165, 1.54) is 7.11 Å². The molecular weight excluding hydrogens is 266 g/mol. The molecule has 20 heavy (non-hydrogen) atoms. The molecule has 1 aromatic rings. The van der Waals surface area contributed by atoms with Crippen molar-refractivity contribution in [2.75, 3.05) is 13.7 Å². The molecule has 0 aromatic heterocycles. The molecule has 0 spiro atoms. The molecule has 0 saturated heterocycles. The normalized spacial score (nSPS) is 19.4. The summed E-state index contributed by atoms with van der Waals surface area (Å²) in [6.07, 6.45) is 2.80. The highest BCUT2D eigenvalue weighted by Crippen LogP contribution is 2.46. The Bertz CT molecular complexity index is 569. The molecule has 2 aliphatic rings. The van der Waals surface area contributed by atoms with Crippen molar-refractivity contribution in [3.05, 3.63) is 28.3 Å². The van der Waals surface area contributed by atoms with E-state index in [1.54, 1.807) is 0 Å². The highest BCUT2D eigenvalue weighted by Gasteiger charge is 2.35. The molecule has 0 N–H and O–H groups in total. The van der Waals surface area contributed by atoms with E-state index in [9.17, 15) is 13.6 Å². The Morgan fingerprint density at radius 1 is 1.30 bits per heavy atom. The van der Waals surface area contributed by atoms with Gasteiger partial charge < -0.3 is 9.47 Å². The van der Waals surface area contributed by atoms with Crippen LogP contribution in [0, 0.1) is 11.6 Å². The summed E-state index contributed by atoms with van der Waals surface area (Å²) in [5, 5.41) is 0. The van der Waals surface area contributed by atoms with Gasteiger partial charge in [0.25, 0.3) is 0 Å². The van der Waals surface area contributed by atoms with Crippen molar-refractivity contribution >= 4 is 5.97 Å². The Balaban J connectivity index is 1.95. The second-order valence-corrected chi connectivity index (χ2v) is 5.28. The van der Waals surface area contributed by atoms with Gasteiger partial charge in [-0.2, -0.15) is 4.39 Å². The third kappa shape index (κ3) is 1.96. The van der Waals surface area contributed by atoms with E-state index in [4.69, 9.17) is 4.74 Å². The van der Waals surface area contributed by atoms with Crippen molar-refractivity contribution < 1.29 is 23.0 Å². The summed E-state index contributed by atoms with van der Waals surface area (Å²) in [7, 11) is 1.35. The number of rotatable bonds is 3. The zero-order valence-electron chi connectivity index (χ0n) is 11.3. The van der Waals surface area contributed by atoms with E-state index in [0.717, 1.165) is 17.5 Å². The van der Waals surface area contributed by atoms with Gasteiger partial charge in [0, 0.05) is 18.4 Å². The zero-order valence-corrected chi connectivity index (χ0v) is 11.3. The number of hydrogen-bond donors (Lipinski definition) is 0. The Labute approximate surface area is 115 Å². The molecular formula is C15H16F2O3. The zero-order chi connectivity index (χ0) is 14.3. The molecule has 0 unspecified atom stereocenters. The maximum atomic E-state index is 14.0. The van der Waals surface area contributed by atoms with Gasteiger partial charge in [-0.15, -0.1) is 0 Å². The minimum atomic E-state index is -0.857. The van der Waals surface area contributed by atoms with Crippen LogP contribution in [0.4, 0.5) is 8.78 Å². The maximum absolute atomic E-state index is 14.0. The van der Waals surface area contributed by atoms with Gasteiger partial charge in [0.2, 0.25) is 5.82 Å². The smallest absolute Gasteiger partial charge is 0.305 e. The molecule has 0 saturated carbocycles. The number of ether oxygens (including phenoxy) is 2. The number of methoxy groups -OCH3 is 1. The van der Waals surface area contributed by atoms with Gasteiger partial charge in [-0.05, 0) is 36.3 Å². The number of carbonyl (C=O) groups is 1. The van der Waals surface area contributed by atoms with Crippen molar-refractivity contribution in [2.24, 2.45) is 0 Å². The van der Waals surface area contributed by atoms with Crippen LogP contribution in [0.5, 0.6) is 5.75 Å². The number of carbonyl (C=O) groups excluding carboxylic acids is 1. The van der Waals surface area contributed by atoms with Gasteiger partial charge in [0.15, 0.2) is 11.6 Å². The summed E-state index contributed by atoms with van der Waals surface area (Å²) < 4.78 is 37.8. The van der Waals surface area contributed by atoms with Gasteiger partial charge in [-0.1, -0.05) is 0 Å². The van der Waals surface area contributed by atoms with Gasteiger partial charge in [-0.25, -0.2) is 4.39 Å². The van der Waals surface area contributed by atoms with Gasteiger partial charge in [0.05, 0.1) is 13.7 Å². The maximum Gasteiger partial charge on any atom is 0.305 e. The molecule has 0 radical (unpaired) electrons. The van der Waals surface area contributed by atoms with E-state index in [2.05, 4.69) is 4.74 Å². The van der Waals surface area contributed by atoms with E-state index >= 15 is 0 Å². The first-order chi connectivity index (χ1) is 9.63. The lowest BCUT2D eigenvalue weighted by atomic mass is 9.90. The Morgan fingerprint density at radius 3 is 2.85 bits per heavy atom. The summed E-state index contributed by atoms with van der Waals surface area (Å²) in [5.74, 6) is -1.74. The molecule has 5 heteroatoms. The molecule has 1 aliphatic carbocycles.